The Labute approximate surface area is 112 Å². The van der Waals surface area contributed by atoms with Crippen molar-refractivity contribution in [1.29, 1.82) is 0 Å². The smallest absolute Gasteiger partial charge is 0.338 e. The van der Waals surface area contributed by atoms with Crippen LogP contribution in [0, 0.1) is 6.92 Å². The second kappa shape index (κ2) is 6.00. The first-order valence-electron chi connectivity index (χ1n) is 6.03. The number of esters is 1. The van der Waals surface area contributed by atoms with Crippen molar-refractivity contribution >= 4 is 11.7 Å². The summed E-state index contributed by atoms with van der Waals surface area (Å²) in [7, 11) is 1.39. The maximum atomic E-state index is 11.6. The number of carbonyl (C=O) groups is 1. The Bertz CT molecular complexity index is 568. The molecular weight excluding hydrogens is 240 g/mol. The number of rotatable bonds is 4. The van der Waals surface area contributed by atoms with Gasteiger partial charge in [0.15, 0.2) is 0 Å². The monoisotopic (exact) mass is 256 g/mol. The number of methoxy groups -OCH3 is 1. The van der Waals surface area contributed by atoms with E-state index in [0.29, 0.717) is 12.1 Å². The van der Waals surface area contributed by atoms with Crippen LogP contribution in [0.25, 0.3) is 0 Å². The first-order chi connectivity index (χ1) is 9.22. The fourth-order valence-corrected chi connectivity index (χ4v) is 1.86. The van der Waals surface area contributed by atoms with Crippen LogP contribution in [0.5, 0.6) is 0 Å². The van der Waals surface area contributed by atoms with E-state index < -0.39 is 0 Å². The van der Waals surface area contributed by atoms with Crippen LogP contribution in [0.1, 0.15) is 21.5 Å². The molecule has 1 heterocycles. The molecular formula is C15H16N2O2. The van der Waals surface area contributed by atoms with Crippen LogP contribution in [-0.4, -0.2) is 18.1 Å². The SMILES string of the molecule is COC(=O)c1cccc(NCc2cccnc2)c1C. The zero-order valence-electron chi connectivity index (χ0n) is 11.0. The molecule has 0 aliphatic carbocycles. The van der Waals surface area contributed by atoms with Crippen LogP contribution in [0.3, 0.4) is 0 Å². The Kier molecular flexibility index (Phi) is 4.13. The van der Waals surface area contributed by atoms with E-state index >= 15 is 0 Å². The van der Waals surface area contributed by atoms with Gasteiger partial charge in [0.25, 0.3) is 0 Å². The van der Waals surface area contributed by atoms with Crippen molar-refractivity contribution in [2.24, 2.45) is 0 Å². The van der Waals surface area contributed by atoms with Gasteiger partial charge in [0.05, 0.1) is 12.7 Å². The number of hydrogen-bond acceptors (Lipinski definition) is 4. The van der Waals surface area contributed by atoms with Crippen molar-refractivity contribution in [3.05, 3.63) is 59.4 Å². The van der Waals surface area contributed by atoms with Crippen molar-refractivity contribution in [3.8, 4) is 0 Å². The first-order valence-corrected chi connectivity index (χ1v) is 6.03. The number of pyridine rings is 1. The molecule has 0 aliphatic rings. The van der Waals surface area contributed by atoms with Gasteiger partial charge in [-0.25, -0.2) is 4.79 Å². The molecule has 1 aromatic heterocycles. The summed E-state index contributed by atoms with van der Waals surface area (Å²) in [5.74, 6) is -0.317. The summed E-state index contributed by atoms with van der Waals surface area (Å²) < 4.78 is 4.76. The molecule has 0 radical (unpaired) electrons. The van der Waals surface area contributed by atoms with Gasteiger partial charge in [-0.1, -0.05) is 12.1 Å². The molecule has 2 rings (SSSR count). The molecule has 19 heavy (non-hydrogen) atoms. The van der Waals surface area contributed by atoms with Crippen molar-refractivity contribution in [2.75, 3.05) is 12.4 Å². The van der Waals surface area contributed by atoms with Gasteiger partial charge in [-0.05, 0) is 36.2 Å². The van der Waals surface area contributed by atoms with Gasteiger partial charge < -0.3 is 10.1 Å². The summed E-state index contributed by atoms with van der Waals surface area (Å²) >= 11 is 0. The Morgan fingerprint density at radius 3 is 2.84 bits per heavy atom. The van der Waals surface area contributed by atoms with Crippen LogP contribution in [-0.2, 0) is 11.3 Å². The Hall–Kier alpha value is -2.36. The highest BCUT2D eigenvalue weighted by Gasteiger charge is 2.11. The molecule has 0 fully saturated rings. The molecule has 2 aromatic rings. The number of ether oxygens (including phenoxy) is 1. The van der Waals surface area contributed by atoms with E-state index in [1.54, 1.807) is 12.3 Å². The Balaban J connectivity index is 2.15. The normalized spacial score (nSPS) is 10.0. The number of hydrogen-bond donors (Lipinski definition) is 1. The largest absolute Gasteiger partial charge is 0.465 e. The first kappa shape index (κ1) is 13.1. The van der Waals surface area contributed by atoms with Gasteiger partial charge in [0.2, 0.25) is 0 Å². The molecule has 1 aromatic carbocycles. The van der Waals surface area contributed by atoms with Crippen LogP contribution < -0.4 is 5.32 Å². The average Bonchev–Trinajstić information content (AvgIpc) is 2.46. The van der Waals surface area contributed by atoms with Crippen LogP contribution in [0.15, 0.2) is 42.7 Å². The number of carbonyl (C=O) groups excluding carboxylic acids is 1. The van der Waals surface area contributed by atoms with E-state index in [-0.39, 0.29) is 5.97 Å². The molecule has 0 aliphatic heterocycles. The third kappa shape index (κ3) is 3.10. The molecule has 0 saturated carbocycles. The zero-order valence-corrected chi connectivity index (χ0v) is 11.0. The van der Waals surface area contributed by atoms with E-state index in [9.17, 15) is 4.79 Å². The summed E-state index contributed by atoms with van der Waals surface area (Å²) in [4.78, 5) is 15.7. The van der Waals surface area contributed by atoms with Gasteiger partial charge >= 0.3 is 5.97 Å². The number of aromatic nitrogens is 1. The van der Waals surface area contributed by atoms with Gasteiger partial charge in [-0.2, -0.15) is 0 Å². The predicted molar refractivity (Wildman–Crippen MR) is 74.1 cm³/mol. The minimum Gasteiger partial charge on any atom is -0.465 e. The predicted octanol–water partition coefficient (Wildman–Crippen LogP) is 2.79. The molecule has 0 unspecified atom stereocenters. The number of nitrogens with zero attached hydrogens (tertiary/aromatic N) is 1. The standard InChI is InChI=1S/C15H16N2O2/c1-11-13(15(18)19-2)6-3-7-14(11)17-10-12-5-4-8-16-9-12/h3-9,17H,10H2,1-2H3. The summed E-state index contributed by atoms with van der Waals surface area (Å²) in [6.45, 7) is 2.57. The fourth-order valence-electron chi connectivity index (χ4n) is 1.86. The molecule has 4 nitrogen and oxygen atoms in total. The van der Waals surface area contributed by atoms with E-state index in [2.05, 4.69) is 10.3 Å². The van der Waals surface area contributed by atoms with Crippen molar-refractivity contribution in [1.82, 2.24) is 4.98 Å². The molecule has 0 saturated heterocycles. The quantitative estimate of drug-likeness (QED) is 0.855. The fraction of sp³-hybridized carbons (Fsp3) is 0.200. The lowest BCUT2D eigenvalue weighted by Crippen LogP contribution is -2.07. The zero-order chi connectivity index (χ0) is 13.7. The van der Waals surface area contributed by atoms with Crippen LogP contribution in [0.4, 0.5) is 5.69 Å². The Morgan fingerprint density at radius 1 is 1.32 bits per heavy atom. The summed E-state index contributed by atoms with van der Waals surface area (Å²) in [6.07, 6.45) is 3.55. The topological polar surface area (TPSA) is 51.2 Å². The molecule has 98 valence electrons. The maximum absolute atomic E-state index is 11.6. The molecule has 0 spiro atoms. The maximum Gasteiger partial charge on any atom is 0.338 e. The van der Waals surface area contributed by atoms with Crippen molar-refractivity contribution < 1.29 is 9.53 Å². The average molecular weight is 256 g/mol. The van der Waals surface area contributed by atoms with Gasteiger partial charge in [0, 0.05) is 24.6 Å². The lowest BCUT2D eigenvalue weighted by atomic mass is 10.1. The summed E-state index contributed by atoms with van der Waals surface area (Å²) in [5.41, 5.74) is 3.48. The van der Waals surface area contributed by atoms with E-state index in [1.807, 2.05) is 37.4 Å². The molecule has 4 heteroatoms. The highest BCUT2D eigenvalue weighted by atomic mass is 16.5. The van der Waals surface area contributed by atoms with Gasteiger partial charge in [0.1, 0.15) is 0 Å². The molecule has 0 amide bonds. The second-order valence-corrected chi connectivity index (χ2v) is 4.18. The highest BCUT2D eigenvalue weighted by Crippen LogP contribution is 2.20. The number of benzene rings is 1. The third-order valence-corrected chi connectivity index (χ3v) is 2.94. The minimum atomic E-state index is -0.317. The second-order valence-electron chi connectivity index (χ2n) is 4.18. The molecule has 1 N–H and O–H groups in total. The molecule has 0 bridgehead atoms. The third-order valence-electron chi connectivity index (χ3n) is 2.94. The van der Waals surface area contributed by atoms with Gasteiger partial charge in [-0.3, -0.25) is 4.98 Å². The van der Waals surface area contributed by atoms with Gasteiger partial charge in [-0.15, -0.1) is 0 Å². The van der Waals surface area contributed by atoms with E-state index in [4.69, 9.17) is 4.74 Å². The number of nitrogens with one attached hydrogen (secondary N) is 1. The number of anilines is 1. The summed E-state index contributed by atoms with van der Waals surface area (Å²) in [6, 6.07) is 9.44. The van der Waals surface area contributed by atoms with Crippen molar-refractivity contribution in [2.45, 2.75) is 13.5 Å². The lowest BCUT2D eigenvalue weighted by Gasteiger charge is -2.12. The van der Waals surface area contributed by atoms with Crippen molar-refractivity contribution in [3.63, 3.8) is 0 Å². The lowest BCUT2D eigenvalue weighted by molar-refractivity contribution is 0.0600. The minimum absolute atomic E-state index is 0.317. The van der Waals surface area contributed by atoms with Crippen LogP contribution >= 0.6 is 0 Å². The highest BCUT2D eigenvalue weighted by molar-refractivity contribution is 5.92. The molecule has 0 atom stereocenters. The van der Waals surface area contributed by atoms with Crippen LogP contribution in [0.2, 0.25) is 0 Å². The van der Waals surface area contributed by atoms with E-state index in [0.717, 1.165) is 16.8 Å². The Morgan fingerprint density at radius 2 is 2.16 bits per heavy atom. The summed E-state index contributed by atoms with van der Waals surface area (Å²) in [5, 5.41) is 3.30. The van der Waals surface area contributed by atoms with E-state index in [1.165, 1.54) is 7.11 Å².